The van der Waals surface area contributed by atoms with Crippen molar-refractivity contribution in [1.82, 2.24) is 24.1 Å². The average Bonchev–Trinajstić information content (AvgIpc) is 3.27. The van der Waals surface area contributed by atoms with Crippen molar-refractivity contribution in [2.45, 2.75) is 69.9 Å². The molecule has 1 saturated heterocycles. The molecule has 0 aliphatic carbocycles. The topological polar surface area (TPSA) is 111 Å². The van der Waals surface area contributed by atoms with Crippen LogP contribution in [0.3, 0.4) is 0 Å². The molecule has 1 aromatic carbocycles. The van der Waals surface area contributed by atoms with Gasteiger partial charge in [0.1, 0.15) is 10.7 Å². The second kappa shape index (κ2) is 11.7. The molecule has 43 heavy (non-hydrogen) atoms. The zero-order chi connectivity index (χ0) is 30.3. The predicted molar refractivity (Wildman–Crippen MR) is 164 cm³/mol. The normalized spacial score (nSPS) is 19.0. The van der Waals surface area contributed by atoms with Crippen molar-refractivity contribution < 1.29 is 17.9 Å². The zero-order valence-electron chi connectivity index (χ0n) is 25.2. The number of carbonyl (C=O) groups excluding carboxylic acids is 1. The minimum absolute atomic E-state index is 0.0695. The van der Waals surface area contributed by atoms with E-state index in [2.05, 4.69) is 32.2 Å². The Morgan fingerprint density at radius 2 is 1.95 bits per heavy atom. The van der Waals surface area contributed by atoms with Crippen LogP contribution in [0.15, 0.2) is 53.6 Å². The Kier molecular flexibility index (Phi) is 7.95. The number of pyridine rings is 1. The highest BCUT2D eigenvalue weighted by Gasteiger charge is 2.39. The van der Waals surface area contributed by atoms with E-state index in [1.165, 1.54) is 0 Å². The van der Waals surface area contributed by atoms with Crippen LogP contribution >= 0.6 is 0 Å². The number of aromatic nitrogens is 4. The van der Waals surface area contributed by atoms with E-state index in [0.29, 0.717) is 19.0 Å². The van der Waals surface area contributed by atoms with Crippen LogP contribution in [0.4, 0.5) is 5.82 Å². The molecular weight excluding hydrogens is 564 g/mol. The molecule has 2 atom stereocenters. The Bertz CT molecular complexity index is 1790. The number of hydrogen-bond acceptors (Lipinski definition) is 8. The van der Waals surface area contributed by atoms with Crippen molar-refractivity contribution in [3.63, 3.8) is 0 Å². The van der Waals surface area contributed by atoms with Crippen molar-refractivity contribution in [3.8, 4) is 0 Å². The van der Waals surface area contributed by atoms with Crippen LogP contribution in [0.1, 0.15) is 66.6 Å². The van der Waals surface area contributed by atoms with Crippen LogP contribution in [0.25, 0.3) is 11.0 Å². The number of benzene rings is 1. The van der Waals surface area contributed by atoms with Gasteiger partial charge in [-0.15, -0.1) is 5.10 Å². The number of nitrogens with zero attached hydrogens (tertiary/aromatic N) is 6. The quantitative estimate of drug-likeness (QED) is 0.282. The highest BCUT2D eigenvalue weighted by Crippen LogP contribution is 2.37. The molecule has 3 aromatic heterocycles. The van der Waals surface area contributed by atoms with Crippen LogP contribution in [-0.4, -0.2) is 64.2 Å². The Balaban J connectivity index is 1.40. The maximum Gasteiger partial charge on any atom is 0.306 e. The zero-order valence-corrected chi connectivity index (χ0v) is 26.0. The number of esters is 1. The lowest BCUT2D eigenvalue weighted by molar-refractivity contribution is -0.143. The summed E-state index contributed by atoms with van der Waals surface area (Å²) < 4.78 is 37.2. The number of sulfonamides is 1. The third-order valence-corrected chi connectivity index (χ3v) is 10.6. The third kappa shape index (κ3) is 5.51. The molecular formula is C32H38N6O4S. The lowest BCUT2D eigenvalue weighted by Crippen LogP contribution is -2.45. The van der Waals surface area contributed by atoms with Crippen LogP contribution in [-0.2, 0) is 33.1 Å². The largest absolute Gasteiger partial charge is 0.466 e. The van der Waals surface area contributed by atoms with Crippen LogP contribution < -0.4 is 4.90 Å². The number of aryl methyl sites for hydroxylation is 3. The fourth-order valence-corrected chi connectivity index (χ4v) is 8.13. The van der Waals surface area contributed by atoms with Gasteiger partial charge in [0.15, 0.2) is 5.65 Å². The van der Waals surface area contributed by atoms with Gasteiger partial charge in [-0.1, -0.05) is 18.2 Å². The molecule has 2 aliphatic rings. The minimum Gasteiger partial charge on any atom is -0.466 e. The van der Waals surface area contributed by atoms with Gasteiger partial charge >= 0.3 is 5.97 Å². The summed E-state index contributed by atoms with van der Waals surface area (Å²) in [7, 11) is -1.87. The van der Waals surface area contributed by atoms with Crippen molar-refractivity contribution in [2.75, 3.05) is 24.6 Å². The smallest absolute Gasteiger partial charge is 0.306 e. The molecule has 1 unspecified atom stereocenters. The predicted octanol–water partition coefficient (Wildman–Crippen LogP) is 4.63. The maximum atomic E-state index is 14.1. The standard InChI is InChI=1S/C32H38N6O4S/c1-5-42-30(39)18-27(28-17-24-15-22(3)34-35-31(24)36(28)4)23-12-11-21(2)25(16-23)19-37-20-26-9-6-7-14-38(26)32-29(43(37,40)41)10-8-13-33-32/h8,10-13,15-17,26-27H,5-7,9,14,18-20H2,1-4H3/t26-,27?/m0/s1. The average molecular weight is 603 g/mol. The van der Waals surface area contributed by atoms with E-state index in [9.17, 15) is 13.2 Å². The lowest BCUT2D eigenvalue weighted by Gasteiger charge is -2.36. The monoisotopic (exact) mass is 602 g/mol. The Hall–Kier alpha value is -3.83. The molecule has 10 nitrogen and oxygen atoms in total. The van der Waals surface area contributed by atoms with Crippen molar-refractivity contribution >= 4 is 32.8 Å². The SMILES string of the molecule is CCOC(=O)CC(c1ccc(C)c(CN2C[C@@H]3CCCCN3c3ncccc3S2(=O)=O)c1)c1cc2cc(C)nnc2n1C. The molecule has 5 heterocycles. The highest BCUT2D eigenvalue weighted by molar-refractivity contribution is 7.89. The molecule has 0 N–H and O–H groups in total. The van der Waals surface area contributed by atoms with Crippen LogP contribution in [0.5, 0.6) is 0 Å². The number of fused-ring (bicyclic) bond motifs is 4. The van der Waals surface area contributed by atoms with Gasteiger partial charge in [-0.3, -0.25) is 4.79 Å². The Morgan fingerprint density at radius 3 is 2.77 bits per heavy atom. The summed E-state index contributed by atoms with van der Waals surface area (Å²) in [4.78, 5) is 19.8. The van der Waals surface area contributed by atoms with Gasteiger partial charge in [0, 0.05) is 55.9 Å². The molecule has 226 valence electrons. The van der Waals surface area contributed by atoms with Crippen LogP contribution in [0, 0.1) is 13.8 Å². The third-order valence-electron chi connectivity index (χ3n) is 8.77. The van der Waals surface area contributed by atoms with Gasteiger partial charge in [-0.05, 0) is 81.0 Å². The Labute approximate surface area is 252 Å². The second-order valence-electron chi connectivity index (χ2n) is 11.6. The maximum absolute atomic E-state index is 14.1. The summed E-state index contributed by atoms with van der Waals surface area (Å²) in [6.45, 7) is 7.43. The molecule has 4 aromatic rings. The molecule has 0 bridgehead atoms. The van der Waals surface area contributed by atoms with Gasteiger partial charge in [0.25, 0.3) is 0 Å². The van der Waals surface area contributed by atoms with E-state index in [0.717, 1.165) is 64.9 Å². The number of carbonyl (C=O) groups is 1. The van der Waals surface area contributed by atoms with Gasteiger partial charge in [-0.25, -0.2) is 13.4 Å². The molecule has 1 fully saturated rings. The first kappa shape index (κ1) is 29.3. The summed E-state index contributed by atoms with van der Waals surface area (Å²) >= 11 is 0. The van der Waals surface area contributed by atoms with Gasteiger partial charge in [-0.2, -0.15) is 9.40 Å². The lowest BCUT2D eigenvalue weighted by atomic mass is 9.89. The van der Waals surface area contributed by atoms with Crippen molar-refractivity contribution in [2.24, 2.45) is 7.05 Å². The fourth-order valence-electron chi connectivity index (χ4n) is 6.52. The molecule has 0 saturated carbocycles. The first-order chi connectivity index (χ1) is 20.7. The molecule has 0 radical (unpaired) electrons. The number of anilines is 1. The van der Waals surface area contributed by atoms with E-state index in [-0.39, 0.29) is 35.8 Å². The van der Waals surface area contributed by atoms with E-state index >= 15 is 0 Å². The number of ether oxygens (including phenoxy) is 1. The fraction of sp³-hybridized carbons (Fsp3) is 0.438. The summed E-state index contributed by atoms with van der Waals surface area (Å²) in [5, 5.41) is 9.57. The Morgan fingerprint density at radius 1 is 1.12 bits per heavy atom. The van der Waals surface area contributed by atoms with Gasteiger partial charge in [0.2, 0.25) is 10.0 Å². The number of piperidine rings is 1. The van der Waals surface area contributed by atoms with Crippen molar-refractivity contribution in [3.05, 3.63) is 76.7 Å². The number of rotatable bonds is 7. The molecule has 0 amide bonds. The van der Waals surface area contributed by atoms with Gasteiger partial charge < -0.3 is 14.2 Å². The number of hydrogen-bond donors (Lipinski definition) is 0. The van der Waals surface area contributed by atoms with Crippen molar-refractivity contribution in [1.29, 1.82) is 0 Å². The minimum atomic E-state index is -3.80. The van der Waals surface area contributed by atoms with E-state index in [4.69, 9.17) is 4.74 Å². The van der Waals surface area contributed by atoms with E-state index < -0.39 is 10.0 Å². The van der Waals surface area contributed by atoms with Gasteiger partial charge in [0.05, 0.1) is 18.7 Å². The summed E-state index contributed by atoms with van der Waals surface area (Å²) in [6, 6.07) is 13.6. The first-order valence-corrected chi connectivity index (χ1v) is 16.4. The van der Waals surface area contributed by atoms with E-state index in [1.54, 1.807) is 29.6 Å². The second-order valence-corrected chi connectivity index (χ2v) is 13.5. The molecule has 0 spiro atoms. The van der Waals surface area contributed by atoms with Crippen LogP contribution in [0.2, 0.25) is 0 Å². The molecule has 2 aliphatic heterocycles. The molecule has 6 rings (SSSR count). The summed E-state index contributed by atoms with van der Waals surface area (Å²) in [6.07, 6.45) is 4.83. The highest BCUT2D eigenvalue weighted by atomic mass is 32.2. The summed E-state index contributed by atoms with van der Waals surface area (Å²) in [5.74, 6) is -0.0556. The molecule has 11 heteroatoms. The summed E-state index contributed by atoms with van der Waals surface area (Å²) in [5.41, 5.74) is 5.27. The van der Waals surface area contributed by atoms with E-state index in [1.807, 2.05) is 43.7 Å². The first-order valence-electron chi connectivity index (χ1n) is 14.9.